The number of benzene rings is 2. The third kappa shape index (κ3) is 1.61. The SMILES string of the molecule is O=C(c1cccc2c1sc1ccccc12)C(F)F. The van der Waals surface area contributed by atoms with Crippen LogP contribution in [0.3, 0.4) is 0 Å². The topological polar surface area (TPSA) is 17.1 Å². The van der Waals surface area contributed by atoms with Crippen LogP contribution in [-0.4, -0.2) is 12.2 Å². The summed E-state index contributed by atoms with van der Waals surface area (Å²) < 4.78 is 26.7. The lowest BCUT2D eigenvalue weighted by Gasteiger charge is -2.00. The molecule has 1 aromatic heterocycles. The molecule has 0 atom stereocenters. The Labute approximate surface area is 106 Å². The first-order valence-electron chi connectivity index (χ1n) is 5.41. The van der Waals surface area contributed by atoms with E-state index >= 15 is 0 Å². The van der Waals surface area contributed by atoms with Gasteiger partial charge in [-0.1, -0.05) is 30.3 Å². The molecule has 0 fully saturated rings. The summed E-state index contributed by atoms with van der Waals surface area (Å²) in [6.07, 6.45) is -2.96. The van der Waals surface area contributed by atoms with Crippen molar-refractivity contribution in [3.05, 3.63) is 48.0 Å². The van der Waals surface area contributed by atoms with E-state index in [2.05, 4.69) is 0 Å². The van der Waals surface area contributed by atoms with Gasteiger partial charge in [0, 0.05) is 25.7 Å². The van der Waals surface area contributed by atoms with Crippen LogP contribution in [0.25, 0.3) is 20.2 Å². The standard InChI is InChI=1S/C14H8F2OS/c15-14(16)12(17)10-6-3-5-9-8-4-1-2-7-11(8)18-13(9)10/h1-7,14H. The van der Waals surface area contributed by atoms with E-state index in [9.17, 15) is 13.6 Å². The fourth-order valence-electron chi connectivity index (χ4n) is 2.06. The monoisotopic (exact) mass is 262 g/mol. The number of hydrogen-bond donors (Lipinski definition) is 0. The molecule has 0 aliphatic carbocycles. The second-order valence-corrected chi connectivity index (χ2v) is 5.00. The van der Waals surface area contributed by atoms with Crippen LogP contribution in [0.5, 0.6) is 0 Å². The van der Waals surface area contributed by atoms with E-state index < -0.39 is 12.2 Å². The predicted octanol–water partition coefficient (Wildman–Crippen LogP) is 4.50. The third-order valence-corrected chi connectivity index (χ3v) is 4.09. The zero-order chi connectivity index (χ0) is 12.7. The lowest BCUT2D eigenvalue weighted by Crippen LogP contribution is -2.09. The molecule has 0 aliphatic heterocycles. The van der Waals surface area contributed by atoms with Crippen molar-refractivity contribution in [2.24, 2.45) is 0 Å². The summed E-state index contributed by atoms with van der Waals surface area (Å²) in [5, 5.41) is 1.86. The smallest absolute Gasteiger partial charge is 0.288 e. The van der Waals surface area contributed by atoms with Crippen LogP contribution in [0.15, 0.2) is 42.5 Å². The van der Waals surface area contributed by atoms with E-state index in [4.69, 9.17) is 0 Å². The molecule has 0 spiro atoms. The first kappa shape index (κ1) is 11.3. The molecule has 90 valence electrons. The lowest BCUT2D eigenvalue weighted by atomic mass is 10.1. The van der Waals surface area contributed by atoms with Crippen LogP contribution >= 0.6 is 11.3 Å². The van der Waals surface area contributed by atoms with E-state index in [1.54, 1.807) is 6.07 Å². The molecule has 1 nitrogen and oxygen atoms in total. The summed E-state index contributed by atoms with van der Waals surface area (Å²) in [5.74, 6) is -1.10. The quantitative estimate of drug-likeness (QED) is 0.621. The Hall–Kier alpha value is -1.81. The maximum Gasteiger partial charge on any atom is 0.300 e. The predicted molar refractivity (Wildman–Crippen MR) is 69.7 cm³/mol. The van der Waals surface area contributed by atoms with Crippen molar-refractivity contribution in [2.75, 3.05) is 0 Å². The number of fused-ring (bicyclic) bond motifs is 3. The first-order chi connectivity index (χ1) is 8.68. The van der Waals surface area contributed by atoms with Gasteiger partial charge in [0.1, 0.15) is 0 Å². The van der Waals surface area contributed by atoms with Gasteiger partial charge in [-0.3, -0.25) is 4.79 Å². The summed E-state index contributed by atoms with van der Waals surface area (Å²) >= 11 is 1.38. The van der Waals surface area contributed by atoms with Crippen LogP contribution in [0.4, 0.5) is 8.78 Å². The van der Waals surface area contributed by atoms with Gasteiger partial charge in [-0.05, 0) is 12.1 Å². The molecule has 0 radical (unpaired) electrons. The van der Waals surface area contributed by atoms with Gasteiger partial charge in [-0.25, -0.2) is 8.78 Å². The molecule has 0 amide bonds. The molecule has 0 saturated carbocycles. The molecule has 18 heavy (non-hydrogen) atoms. The van der Waals surface area contributed by atoms with Crippen molar-refractivity contribution in [2.45, 2.75) is 6.43 Å². The van der Waals surface area contributed by atoms with Crippen molar-refractivity contribution in [1.29, 1.82) is 0 Å². The second-order valence-electron chi connectivity index (χ2n) is 3.95. The molecule has 0 N–H and O–H groups in total. The normalized spacial score (nSPS) is 11.5. The van der Waals surface area contributed by atoms with E-state index in [-0.39, 0.29) is 5.56 Å². The molecule has 3 rings (SSSR count). The van der Waals surface area contributed by atoms with Gasteiger partial charge in [-0.15, -0.1) is 11.3 Å². The van der Waals surface area contributed by atoms with Gasteiger partial charge in [0.25, 0.3) is 0 Å². The fourth-order valence-corrected chi connectivity index (χ4v) is 3.28. The maximum atomic E-state index is 12.6. The Morgan fingerprint density at radius 1 is 1.00 bits per heavy atom. The van der Waals surface area contributed by atoms with Crippen molar-refractivity contribution >= 4 is 37.3 Å². The van der Waals surface area contributed by atoms with E-state index in [1.165, 1.54) is 17.4 Å². The summed E-state index contributed by atoms with van der Waals surface area (Å²) in [6, 6.07) is 12.6. The highest BCUT2D eigenvalue weighted by molar-refractivity contribution is 7.26. The Balaban J connectivity index is 2.38. The molecule has 0 aliphatic rings. The Morgan fingerprint density at radius 2 is 1.72 bits per heavy atom. The molecule has 0 saturated heterocycles. The third-order valence-electron chi connectivity index (χ3n) is 2.87. The van der Waals surface area contributed by atoms with Gasteiger partial charge in [0.2, 0.25) is 5.78 Å². The van der Waals surface area contributed by atoms with Gasteiger partial charge < -0.3 is 0 Å². The Bertz CT molecular complexity index is 746. The minimum Gasteiger partial charge on any atom is -0.288 e. The molecule has 0 unspecified atom stereocenters. The van der Waals surface area contributed by atoms with Crippen LogP contribution in [0, 0.1) is 0 Å². The maximum absolute atomic E-state index is 12.6. The van der Waals surface area contributed by atoms with Gasteiger partial charge in [0.15, 0.2) is 0 Å². The van der Waals surface area contributed by atoms with Crippen LogP contribution in [0.2, 0.25) is 0 Å². The minimum absolute atomic E-state index is 0.115. The number of thiophene rings is 1. The van der Waals surface area contributed by atoms with Crippen molar-refractivity contribution in [3.8, 4) is 0 Å². The molecule has 0 bridgehead atoms. The zero-order valence-electron chi connectivity index (χ0n) is 9.19. The van der Waals surface area contributed by atoms with Crippen molar-refractivity contribution in [3.63, 3.8) is 0 Å². The van der Waals surface area contributed by atoms with Gasteiger partial charge in [-0.2, -0.15) is 0 Å². The largest absolute Gasteiger partial charge is 0.300 e. The highest BCUT2D eigenvalue weighted by Crippen LogP contribution is 2.36. The molecule has 1 heterocycles. The van der Waals surface area contributed by atoms with E-state index in [1.807, 2.05) is 30.3 Å². The van der Waals surface area contributed by atoms with Crippen LogP contribution < -0.4 is 0 Å². The fraction of sp³-hybridized carbons (Fsp3) is 0.0714. The number of ketones is 1. The summed E-state index contributed by atoms with van der Waals surface area (Å²) in [4.78, 5) is 11.5. The highest BCUT2D eigenvalue weighted by Gasteiger charge is 2.21. The van der Waals surface area contributed by atoms with Gasteiger partial charge >= 0.3 is 6.43 Å². The average molecular weight is 262 g/mol. The first-order valence-corrected chi connectivity index (χ1v) is 6.23. The van der Waals surface area contributed by atoms with Crippen molar-refractivity contribution in [1.82, 2.24) is 0 Å². The number of carbonyl (C=O) groups is 1. The highest BCUT2D eigenvalue weighted by atomic mass is 32.1. The number of Topliss-reactive ketones (excluding diaryl/α,β-unsaturated/α-hetero) is 1. The van der Waals surface area contributed by atoms with E-state index in [0.29, 0.717) is 4.70 Å². The minimum atomic E-state index is -2.96. The molecule has 2 aromatic carbocycles. The van der Waals surface area contributed by atoms with Crippen molar-refractivity contribution < 1.29 is 13.6 Å². The number of halogens is 2. The Kier molecular flexibility index (Phi) is 2.59. The molecular weight excluding hydrogens is 254 g/mol. The zero-order valence-corrected chi connectivity index (χ0v) is 10.0. The summed E-state index contributed by atoms with van der Waals surface area (Å²) in [6.45, 7) is 0. The summed E-state index contributed by atoms with van der Waals surface area (Å²) in [5.41, 5.74) is 0.115. The number of carbonyl (C=O) groups excluding carboxylic acids is 1. The lowest BCUT2D eigenvalue weighted by molar-refractivity contribution is 0.0681. The Morgan fingerprint density at radius 3 is 2.50 bits per heavy atom. The van der Waals surface area contributed by atoms with Crippen LogP contribution in [0.1, 0.15) is 10.4 Å². The molecule has 4 heteroatoms. The number of hydrogen-bond acceptors (Lipinski definition) is 2. The molecule has 3 aromatic rings. The molecular formula is C14H8F2OS. The second kappa shape index (κ2) is 4.14. The average Bonchev–Trinajstić information content (AvgIpc) is 2.76. The van der Waals surface area contributed by atoms with Gasteiger partial charge in [0.05, 0.1) is 0 Å². The summed E-state index contributed by atoms with van der Waals surface area (Å²) in [7, 11) is 0. The van der Waals surface area contributed by atoms with Crippen LogP contribution in [-0.2, 0) is 0 Å². The number of rotatable bonds is 2. The number of alkyl halides is 2. The van der Waals surface area contributed by atoms with E-state index in [0.717, 1.165) is 15.5 Å².